The Morgan fingerprint density at radius 1 is 0.875 bits per heavy atom. The Morgan fingerprint density at radius 3 is 1.00 bits per heavy atom. The monoisotopic (exact) mass is 137 g/mol. The van der Waals surface area contributed by atoms with Crippen LogP contribution in [0.25, 0.3) is 0 Å². The smallest absolute Gasteiger partial charge is 0.443 e. The third kappa shape index (κ3) is 1.63. The van der Waals surface area contributed by atoms with E-state index in [2.05, 4.69) is 0 Å². The Bertz CT molecular complexity index is 63.5. The molecule has 0 aliphatic rings. The van der Waals surface area contributed by atoms with Gasteiger partial charge in [0.15, 0.2) is 0 Å². The van der Waals surface area contributed by atoms with Crippen LogP contribution >= 0.6 is 0 Å². The van der Waals surface area contributed by atoms with Crippen LogP contribution in [0.1, 0.15) is 0 Å². The molecule has 0 amide bonds. The predicted octanol–water partition coefficient (Wildman–Crippen LogP) is 1.94. The number of halogens is 6. The Labute approximate surface area is 40.5 Å². The van der Waals surface area contributed by atoms with Crippen LogP contribution in [0.2, 0.25) is 0 Å². The molecule has 0 aromatic rings. The number of rotatable bonds is 0. The van der Waals surface area contributed by atoms with Gasteiger partial charge in [-0.2, -0.15) is 0 Å². The first-order chi connectivity index (χ1) is 3.25. The summed E-state index contributed by atoms with van der Waals surface area (Å²) in [5, 5.41) is 0. The van der Waals surface area contributed by atoms with Crippen molar-refractivity contribution in [2.75, 3.05) is 0 Å². The third-order valence-corrected chi connectivity index (χ3v) is 0.371. The molecule has 7 heteroatoms. The van der Waals surface area contributed by atoms with Crippen molar-refractivity contribution in [1.82, 2.24) is 0 Å². The van der Waals surface area contributed by atoms with E-state index in [-0.39, 0.29) is 0 Å². The Morgan fingerprint density at radius 2 is 1.00 bits per heavy atom. The zero-order valence-corrected chi connectivity index (χ0v) is 3.35. The molecule has 0 heterocycles. The van der Waals surface area contributed by atoms with E-state index in [1.807, 2.05) is 0 Å². The first-order valence-corrected chi connectivity index (χ1v) is 1.51. The first kappa shape index (κ1) is 7.64. The minimum atomic E-state index is -6.65. The van der Waals surface area contributed by atoms with Crippen molar-refractivity contribution in [2.24, 2.45) is 0 Å². The summed E-state index contributed by atoms with van der Waals surface area (Å²) in [4.78, 5) is 0. The minimum absolute atomic E-state index is 6.00. The average Bonchev–Trinajstić information content (AvgIpc) is 1.25. The highest BCUT2D eigenvalue weighted by Gasteiger charge is 2.53. The number of alkyl halides is 3. The van der Waals surface area contributed by atoms with Gasteiger partial charge >= 0.3 is 13.1 Å². The molecule has 0 aromatic heterocycles. The van der Waals surface area contributed by atoms with Crippen LogP contribution in [0.4, 0.5) is 26.1 Å². The van der Waals surface area contributed by atoms with Crippen LogP contribution in [0, 0.1) is 0 Å². The van der Waals surface area contributed by atoms with Crippen LogP contribution in [0.3, 0.4) is 0 Å². The maximum atomic E-state index is 10.5. The molecule has 0 unspecified atom stereocenters. The van der Waals surface area contributed by atoms with E-state index in [9.17, 15) is 26.1 Å². The molecular formula is CBF6-. The van der Waals surface area contributed by atoms with Gasteiger partial charge in [-0.15, -0.1) is 0 Å². The fourth-order valence-electron chi connectivity index (χ4n) is 0. The second kappa shape index (κ2) is 1.56. The molecule has 0 spiro atoms. The molecule has 0 aliphatic heterocycles. The van der Waals surface area contributed by atoms with E-state index in [0.29, 0.717) is 0 Å². The van der Waals surface area contributed by atoms with Gasteiger partial charge < -0.3 is 12.9 Å². The van der Waals surface area contributed by atoms with Crippen LogP contribution in [0.15, 0.2) is 0 Å². The molecule has 50 valence electrons. The maximum absolute atomic E-state index is 10.5. The summed E-state index contributed by atoms with van der Waals surface area (Å²) in [5.41, 5.74) is 0. The minimum Gasteiger partial charge on any atom is -0.443 e. The fourth-order valence-corrected chi connectivity index (χ4v) is 0. The zero-order valence-electron chi connectivity index (χ0n) is 3.35. The van der Waals surface area contributed by atoms with Gasteiger partial charge in [-0.05, 0) is 0 Å². The summed E-state index contributed by atoms with van der Waals surface area (Å²) in [6, 6.07) is 0. The molecule has 0 fully saturated rings. The van der Waals surface area contributed by atoms with Crippen molar-refractivity contribution < 1.29 is 26.1 Å². The predicted molar refractivity (Wildman–Crippen MR) is 15.1 cm³/mol. The molecule has 0 N–H and O–H groups in total. The Balaban J connectivity index is 4.02. The summed E-state index contributed by atoms with van der Waals surface area (Å²) in [5.74, 6) is 0. The van der Waals surface area contributed by atoms with Gasteiger partial charge in [0.2, 0.25) is 0 Å². The van der Waals surface area contributed by atoms with E-state index in [4.69, 9.17) is 0 Å². The van der Waals surface area contributed by atoms with Gasteiger partial charge in [-0.1, -0.05) is 0 Å². The third-order valence-electron chi connectivity index (χ3n) is 0.371. The molecule has 0 saturated carbocycles. The van der Waals surface area contributed by atoms with Crippen LogP contribution in [0.5, 0.6) is 0 Å². The molecule has 0 radical (unpaired) electrons. The zero-order chi connectivity index (χ0) is 7.00. The van der Waals surface area contributed by atoms with Crippen LogP contribution in [-0.4, -0.2) is 13.1 Å². The normalized spacial score (nSPS) is 14.2. The molecule has 0 aromatic carbocycles. The lowest BCUT2D eigenvalue weighted by molar-refractivity contribution is -0.0837. The molecular weight excluding hydrogens is 137 g/mol. The summed E-state index contributed by atoms with van der Waals surface area (Å²) in [6.07, 6.45) is -6.00. The average molecular weight is 137 g/mol. The van der Waals surface area contributed by atoms with Gasteiger partial charge in [-0.3, -0.25) is 0 Å². The van der Waals surface area contributed by atoms with Gasteiger partial charge in [0.1, 0.15) is 0 Å². The highest BCUT2D eigenvalue weighted by atomic mass is 19.4. The van der Waals surface area contributed by atoms with Crippen molar-refractivity contribution in [3.05, 3.63) is 0 Å². The molecule has 0 rings (SSSR count). The van der Waals surface area contributed by atoms with Crippen molar-refractivity contribution in [3.63, 3.8) is 0 Å². The topological polar surface area (TPSA) is 0 Å². The SMILES string of the molecule is F[B-](F)(F)C(F)(F)F. The quantitative estimate of drug-likeness (QED) is 0.353. The van der Waals surface area contributed by atoms with Gasteiger partial charge in [0, 0.05) is 0 Å². The summed E-state index contributed by atoms with van der Waals surface area (Å²) in [7, 11) is 0. The van der Waals surface area contributed by atoms with Gasteiger partial charge in [0.25, 0.3) is 0 Å². The van der Waals surface area contributed by atoms with E-state index < -0.39 is 13.1 Å². The number of hydrogen-bond donors (Lipinski definition) is 0. The van der Waals surface area contributed by atoms with E-state index in [0.717, 1.165) is 0 Å². The Kier molecular flexibility index (Phi) is 1.49. The van der Waals surface area contributed by atoms with Gasteiger partial charge in [-0.25, -0.2) is 13.2 Å². The highest BCUT2D eigenvalue weighted by Crippen LogP contribution is 2.31. The van der Waals surface area contributed by atoms with E-state index in [1.165, 1.54) is 0 Å². The van der Waals surface area contributed by atoms with Crippen molar-refractivity contribution in [3.8, 4) is 0 Å². The lowest BCUT2D eigenvalue weighted by atomic mass is 9.92. The molecule has 8 heavy (non-hydrogen) atoms. The molecule has 0 atom stereocenters. The van der Waals surface area contributed by atoms with E-state index in [1.54, 1.807) is 0 Å². The summed E-state index contributed by atoms with van der Waals surface area (Å²) in [6.45, 7) is -6.65. The van der Waals surface area contributed by atoms with Crippen molar-refractivity contribution >= 4 is 6.98 Å². The largest absolute Gasteiger partial charge is 0.583 e. The lowest BCUT2D eigenvalue weighted by Crippen LogP contribution is -2.37. The highest BCUT2D eigenvalue weighted by molar-refractivity contribution is 6.60. The molecule has 0 bridgehead atoms. The second-order valence-electron chi connectivity index (χ2n) is 1.12. The second-order valence-corrected chi connectivity index (χ2v) is 1.12. The standard InChI is InChI=1S/CBF6/c3-1(4,5)2(6,7)8/q-1. The Hall–Kier alpha value is -0.355. The number of hydrogen-bond acceptors (Lipinski definition) is 0. The van der Waals surface area contributed by atoms with E-state index >= 15 is 0 Å². The summed E-state index contributed by atoms with van der Waals surface area (Å²) < 4.78 is 62.9. The van der Waals surface area contributed by atoms with Gasteiger partial charge in [0.05, 0.1) is 0 Å². The fraction of sp³-hybridized carbons (Fsp3) is 1.00. The van der Waals surface area contributed by atoms with Crippen molar-refractivity contribution in [2.45, 2.75) is 6.08 Å². The first-order valence-electron chi connectivity index (χ1n) is 1.51. The van der Waals surface area contributed by atoms with Crippen LogP contribution in [-0.2, 0) is 0 Å². The van der Waals surface area contributed by atoms with Crippen LogP contribution < -0.4 is 0 Å². The maximum Gasteiger partial charge on any atom is 0.583 e. The lowest BCUT2D eigenvalue weighted by Gasteiger charge is -2.16. The van der Waals surface area contributed by atoms with Crippen molar-refractivity contribution in [1.29, 1.82) is 0 Å². The molecule has 0 saturated heterocycles. The molecule has 0 nitrogen and oxygen atoms in total. The molecule has 0 aliphatic carbocycles. The summed E-state index contributed by atoms with van der Waals surface area (Å²) >= 11 is 0.